The summed E-state index contributed by atoms with van der Waals surface area (Å²) in [5.41, 5.74) is 4.87. The van der Waals surface area contributed by atoms with Gasteiger partial charge in [-0.1, -0.05) is 13.8 Å². The van der Waals surface area contributed by atoms with Gasteiger partial charge in [-0.2, -0.15) is 0 Å². The van der Waals surface area contributed by atoms with Crippen molar-refractivity contribution in [1.82, 2.24) is 0 Å². The first-order valence-corrected chi connectivity index (χ1v) is 3.45. The highest BCUT2D eigenvalue weighted by molar-refractivity contribution is 5.82. The highest BCUT2D eigenvalue weighted by Crippen LogP contribution is 1.99. The summed E-state index contributed by atoms with van der Waals surface area (Å²) in [6, 6.07) is 0. The van der Waals surface area contributed by atoms with Gasteiger partial charge in [-0.25, -0.2) is 0 Å². The molecule has 1 atom stereocenters. The van der Waals surface area contributed by atoms with E-state index in [0.717, 1.165) is 0 Å². The second kappa shape index (κ2) is 3.95. The molecule has 0 aliphatic heterocycles. The molecule has 1 amide bonds. The molecule has 0 fully saturated rings. The summed E-state index contributed by atoms with van der Waals surface area (Å²) in [6.07, 6.45) is -0.829. The number of esters is 1. The van der Waals surface area contributed by atoms with E-state index in [1.165, 1.54) is 6.92 Å². The van der Waals surface area contributed by atoms with E-state index in [1.54, 1.807) is 13.8 Å². The Bertz CT molecular complexity index is 165. The molecule has 1 unspecified atom stereocenters. The van der Waals surface area contributed by atoms with Gasteiger partial charge in [-0.15, -0.1) is 0 Å². The maximum atomic E-state index is 10.8. The predicted octanol–water partition coefficient (Wildman–Crippen LogP) is 0.0594. The van der Waals surface area contributed by atoms with Crippen LogP contribution < -0.4 is 5.73 Å². The lowest BCUT2D eigenvalue weighted by Gasteiger charge is -2.10. The van der Waals surface area contributed by atoms with Crippen molar-refractivity contribution in [2.75, 3.05) is 0 Å². The lowest BCUT2D eigenvalue weighted by molar-refractivity contribution is -0.156. The van der Waals surface area contributed by atoms with E-state index in [1.807, 2.05) is 0 Å². The number of hydrogen-bond donors (Lipinski definition) is 1. The lowest BCUT2D eigenvalue weighted by atomic mass is 10.2. The summed E-state index contributed by atoms with van der Waals surface area (Å²) in [5, 5.41) is 0. The van der Waals surface area contributed by atoms with Gasteiger partial charge in [-0.05, 0) is 6.92 Å². The van der Waals surface area contributed by atoms with Gasteiger partial charge in [0, 0.05) is 0 Å². The zero-order valence-electron chi connectivity index (χ0n) is 6.96. The normalized spacial score (nSPS) is 12.7. The average Bonchev–Trinajstić information content (AvgIpc) is 1.87. The topological polar surface area (TPSA) is 69.4 Å². The lowest BCUT2D eigenvalue weighted by Crippen LogP contribution is -2.31. The van der Waals surface area contributed by atoms with E-state index >= 15 is 0 Å². The van der Waals surface area contributed by atoms with Crippen molar-refractivity contribution in [3.8, 4) is 0 Å². The van der Waals surface area contributed by atoms with Crippen LogP contribution in [0.4, 0.5) is 0 Å². The van der Waals surface area contributed by atoms with Crippen molar-refractivity contribution in [3.63, 3.8) is 0 Å². The van der Waals surface area contributed by atoms with Crippen LogP contribution in [0.5, 0.6) is 0 Å². The van der Waals surface area contributed by atoms with Crippen LogP contribution in [0.2, 0.25) is 0 Å². The second-order valence-electron chi connectivity index (χ2n) is 2.64. The maximum Gasteiger partial charge on any atom is 0.309 e. The third-order valence-corrected chi connectivity index (χ3v) is 1.17. The number of hydrogen-bond acceptors (Lipinski definition) is 3. The van der Waals surface area contributed by atoms with Crippen molar-refractivity contribution in [2.24, 2.45) is 11.7 Å². The summed E-state index contributed by atoms with van der Waals surface area (Å²) < 4.78 is 4.66. The second-order valence-corrected chi connectivity index (χ2v) is 2.64. The van der Waals surface area contributed by atoms with Crippen molar-refractivity contribution in [2.45, 2.75) is 26.9 Å². The standard InChI is InChI=1S/C7H13NO3/c1-4(2)7(10)11-5(3)6(8)9/h4-5H,1-3H3,(H2,8,9). The molecular formula is C7H13NO3. The van der Waals surface area contributed by atoms with Gasteiger partial charge in [0.2, 0.25) is 0 Å². The number of primary amides is 1. The molecule has 0 spiro atoms. The zero-order valence-corrected chi connectivity index (χ0v) is 6.96. The summed E-state index contributed by atoms with van der Waals surface area (Å²) in [4.78, 5) is 21.2. The van der Waals surface area contributed by atoms with Gasteiger partial charge in [-0.3, -0.25) is 9.59 Å². The summed E-state index contributed by atoms with van der Waals surface area (Å²) >= 11 is 0. The molecule has 0 aliphatic rings. The first kappa shape index (κ1) is 9.94. The van der Waals surface area contributed by atoms with E-state index in [2.05, 4.69) is 4.74 Å². The van der Waals surface area contributed by atoms with Crippen LogP contribution in [0.3, 0.4) is 0 Å². The molecule has 11 heavy (non-hydrogen) atoms. The molecular weight excluding hydrogens is 146 g/mol. The Morgan fingerprint density at radius 3 is 2.00 bits per heavy atom. The highest BCUT2D eigenvalue weighted by Gasteiger charge is 2.16. The Balaban J connectivity index is 3.85. The first-order valence-electron chi connectivity index (χ1n) is 3.45. The van der Waals surface area contributed by atoms with Crippen molar-refractivity contribution < 1.29 is 14.3 Å². The highest BCUT2D eigenvalue weighted by atomic mass is 16.5. The van der Waals surface area contributed by atoms with Crippen molar-refractivity contribution in [1.29, 1.82) is 0 Å². The minimum absolute atomic E-state index is 0.225. The van der Waals surface area contributed by atoms with E-state index in [0.29, 0.717) is 0 Å². The summed E-state index contributed by atoms with van der Waals surface area (Å²) in [6.45, 7) is 4.83. The SMILES string of the molecule is CC(C)C(=O)OC(C)C(N)=O. The molecule has 0 saturated carbocycles. The molecule has 2 N–H and O–H groups in total. The van der Waals surface area contributed by atoms with Crippen molar-refractivity contribution in [3.05, 3.63) is 0 Å². The number of carbonyl (C=O) groups excluding carboxylic acids is 2. The Kier molecular flexibility index (Phi) is 3.57. The zero-order chi connectivity index (χ0) is 9.02. The van der Waals surface area contributed by atoms with Gasteiger partial charge in [0.1, 0.15) is 0 Å². The van der Waals surface area contributed by atoms with E-state index < -0.39 is 18.0 Å². The number of rotatable bonds is 3. The Morgan fingerprint density at radius 1 is 1.27 bits per heavy atom. The van der Waals surface area contributed by atoms with Gasteiger partial charge in [0.25, 0.3) is 5.91 Å². The molecule has 0 aromatic carbocycles. The van der Waals surface area contributed by atoms with Gasteiger partial charge in [0.05, 0.1) is 5.92 Å². The molecule has 4 nitrogen and oxygen atoms in total. The van der Waals surface area contributed by atoms with Crippen LogP contribution >= 0.6 is 0 Å². The average molecular weight is 159 g/mol. The largest absolute Gasteiger partial charge is 0.452 e. The molecule has 0 bridgehead atoms. The van der Waals surface area contributed by atoms with E-state index in [-0.39, 0.29) is 5.92 Å². The monoisotopic (exact) mass is 159 g/mol. The molecule has 0 rings (SSSR count). The molecule has 0 aromatic rings. The van der Waals surface area contributed by atoms with E-state index in [4.69, 9.17) is 5.73 Å². The number of carbonyl (C=O) groups is 2. The quantitative estimate of drug-likeness (QED) is 0.592. The van der Waals surface area contributed by atoms with Gasteiger partial charge in [0.15, 0.2) is 6.10 Å². The van der Waals surface area contributed by atoms with Gasteiger partial charge >= 0.3 is 5.97 Å². The number of amides is 1. The number of ether oxygens (including phenoxy) is 1. The third kappa shape index (κ3) is 3.60. The Morgan fingerprint density at radius 2 is 1.73 bits per heavy atom. The fraction of sp³-hybridized carbons (Fsp3) is 0.714. The van der Waals surface area contributed by atoms with E-state index in [9.17, 15) is 9.59 Å². The minimum Gasteiger partial charge on any atom is -0.452 e. The Labute approximate surface area is 65.7 Å². The molecule has 64 valence electrons. The van der Waals surface area contributed by atoms with Crippen LogP contribution in [-0.4, -0.2) is 18.0 Å². The van der Waals surface area contributed by atoms with Crippen LogP contribution in [0.25, 0.3) is 0 Å². The van der Waals surface area contributed by atoms with Crippen LogP contribution in [0.1, 0.15) is 20.8 Å². The molecule has 0 aliphatic carbocycles. The summed E-state index contributed by atoms with van der Waals surface area (Å²) in [7, 11) is 0. The summed E-state index contributed by atoms with van der Waals surface area (Å²) in [5.74, 6) is -1.26. The fourth-order valence-electron chi connectivity index (χ4n) is 0.368. The first-order chi connectivity index (χ1) is 4.95. The van der Waals surface area contributed by atoms with Crippen LogP contribution in [0.15, 0.2) is 0 Å². The van der Waals surface area contributed by atoms with Crippen LogP contribution in [-0.2, 0) is 14.3 Å². The van der Waals surface area contributed by atoms with Gasteiger partial charge < -0.3 is 10.5 Å². The maximum absolute atomic E-state index is 10.8. The van der Waals surface area contributed by atoms with Crippen LogP contribution in [0, 0.1) is 5.92 Å². The molecule has 0 aromatic heterocycles. The predicted molar refractivity (Wildman–Crippen MR) is 39.6 cm³/mol. The Hall–Kier alpha value is -1.06. The molecule has 0 saturated heterocycles. The molecule has 4 heteroatoms. The number of nitrogens with two attached hydrogens (primary N) is 1. The fourth-order valence-corrected chi connectivity index (χ4v) is 0.368. The molecule has 0 radical (unpaired) electrons. The smallest absolute Gasteiger partial charge is 0.309 e. The van der Waals surface area contributed by atoms with Crippen molar-refractivity contribution >= 4 is 11.9 Å². The molecule has 0 heterocycles. The minimum atomic E-state index is -0.829. The third-order valence-electron chi connectivity index (χ3n) is 1.17.